The van der Waals surface area contributed by atoms with E-state index in [9.17, 15) is 9.59 Å². The van der Waals surface area contributed by atoms with Gasteiger partial charge in [-0.3, -0.25) is 9.59 Å². The smallest absolute Gasteiger partial charge is 0.234 e. The lowest BCUT2D eigenvalue weighted by Gasteiger charge is -2.25. The zero-order valence-electron chi connectivity index (χ0n) is 9.41. The number of carbonyl (C=O) groups excluding carboxylic acids is 2. The summed E-state index contributed by atoms with van der Waals surface area (Å²) in [4.78, 5) is 22.2. The molecule has 0 aromatic heterocycles. The number of hydrogen-bond acceptors (Lipinski definition) is 3. The van der Waals surface area contributed by atoms with Gasteiger partial charge in [-0.2, -0.15) is 0 Å². The molecule has 1 heterocycles. The van der Waals surface area contributed by atoms with Crippen LogP contribution < -0.4 is 16.4 Å². The Kier molecular flexibility index (Phi) is 3.68. The molecule has 86 valence electrons. The van der Waals surface area contributed by atoms with Crippen LogP contribution in [0.2, 0.25) is 0 Å². The van der Waals surface area contributed by atoms with Crippen molar-refractivity contribution in [2.45, 2.75) is 45.3 Å². The Balaban J connectivity index is 2.59. The van der Waals surface area contributed by atoms with Crippen molar-refractivity contribution < 1.29 is 9.59 Å². The number of primary amides is 1. The summed E-state index contributed by atoms with van der Waals surface area (Å²) in [5.41, 5.74) is 5.16. The van der Waals surface area contributed by atoms with Crippen molar-refractivity contribution in [3.63, 3.8) is 0 Å². The standard InChI is InChI=1S/C10H19N3O2/c1-5(2)9-7(4-8(14)13-9)12-6(3)10(11)15/h5-7,9,12H,4H2,1-3H3,(H2,11,15)(H,13,14)/t6-,7+,9+/m1/s1. The first-order valence-electron chi connectivity index (χ1n) is 5.26. The first-order valence-corrected chi connectivity index (χ1v) is 5.26. The van der Waals surface area contributed by atoms with E-state index in [1.807, 2.05) is 13.8 Å². The molecular weight excluding hydrogens is 194 g/mol. The lowest BCUT2D eigenvalue weighted by molar-refractivity contribution is -0.121. The summed E-state index contributed by atoms with van der Waals surface area (Å²) in [6, 6.07) is -0.316. The maximum absolute atomic E-state index is 11.3. The molecule has 0 spiro atoms. The second-order valence-electron chi connectivity index (χ2n) is 4.44. The van der Waals surface area contributed by atoms with Crippen LogP contribution in [0.5, 0.6) is 0 Å². The molecule has 5 heteroatoms. The van der Waals surface area contributed by atoms with Crippen LogP contribution in [0, 0.1) is 5.92 Å². The average molecular weight is 213 g/mol. The number of nitrogens with two attached hydrogens (primary N) is 1. The van der Waals surface area contributed by atoms with Gasteiger partial charge in [-0.1, -0.05) is 13.8 Å². The molecule has 0 unspecified atom stereocenters. The molecule has 0 saturated carbocycles. The molecule has 5 nitrogen and oxygen atoms in total. The maximum Gasteiger partial charge on any atom is 0.234 e. The van der Waals surface area contributed by atoms with Crippen LogP contribution in [-0.2, 0) is 9.59 Å². The van der Waals surface area contributed by atoms with Gasteiger partial charge in [0.05, 0.1) is 6.04 Å². The van der Waals surface area contributed by atoms with Crippen LogP contribution in [0.1, 0.15) is 27.2 Å². The van der Waals surface area contributed by atoms with Gasteiger partial charge in [-0.15, -0.1) is 0 Å². The van der Waals surface area contributed by atoms with Gasteiger partial charge in [-0.05, 0) is 12.8 Å². The van der Waals surface area contributed by atoms with Crippen LogP contribution in [0.4, 0.5) is 0 Å². The van der Waals surface area contributed by atoms with E-state index in [4.69, 9.17) is 5.73 Å². The predicted octanol–water partition coefficient (Wildman–Crippen LogP) is -0.637. The predicted molar refractivity (Wildman–Crippen MR) is 57.0 cm³/mol. The molecule has 0 radical (unpaired) electrons. The van der Waals surface area contributed by atoms with Crippen LogP contribution in [0.3, 0.4) is 0 Å². The topological polar surface area (TPSA) is 84.2 Å². The molecule has 3 atom stereocenters. The first kappa shape index (κ1) is 12.0. The van der Waals surface area contributed by atoms with E-state index >= 15 is 0 Å². The number of nitrogens with one attached hydrogen (secondary N) is 2. The molecule has 1 aliphatic rings. The van der Waals surface area contributed by atoms with Crippen LogP contribution in [0.25, 0.3) is 0 Å². The molecular formula is C10H19N3O2. The fourth-order valence-corrected chi connectivity index (χ4v) is 1.87. The second kappa shape index (κ2) is 4.61. The molecule has 0 aliphatic carbocycles. The molecule has 1 aliphatic heterocycles. The minimum Gasteiger partial charge on any atom is -0.368 e. The Morgan fingerprint density at radius 2 is 2.13 bits per heavy atom. The van der Waals surface area contributed by atoms with Crippen molar-refractivity contribution in [3.8, 4) is 0 Å². The number of amides is 2. The van der Waals surface area contributed by atoms with E-state index in [0.29, 0.717) is 12.3 Å². The summed E-state index contributed by atoms with van der Waals surface area (Å²) in [5.74, 6) is -0.0197. The second-order valence-corrected chi connectivity index (χ2v) is 4.44. The molecule has 15 heavy (non-hydrogen) atoms. The summed E-state index contributed by atoms with van der Waals surface area (Å²) in [6.07, 6.45) is 0.417. The monoisotopic (exact) mass is 213 g/mol. The van der Waals surface area contributed by atoms with Gasteiger partial charge in [0.2, 0.25) is 11.8 Å². The van der Waals surface area contributed by atoms with Crippen molar-refractivity contribution in [3.05, 3.63) is 0 Å². The number of carbonyl (C=O) groups is 2. The highest BCUT2D eigenvalue weighted by atomic mass is 16.2. The van der Waals surface area contributed by atoms with Gasteiger partial charge in [0, 0.05) is 18.5 Å². The molecule has 0 aromatic rings. The zero-order chi connectivity index (χ0) is 11.6. The Morgan fingerprint density at radius 1 is 1.53 bits per heavy atom. The molecule has 1 fully saturated rings. The summed E-state index contributed by atoms with van der Waals surface area (Å²) in [6.45, 7) is 5.79. The van der Waals surface area contributed by atoms with Crippen molar-refractivity contribution in [1.82, 2.24) is 10.6 Å². The Morgan fingerprint density at radius 3 is 2.60 bits per heavy atom. The minimum absolute atomic E-state index is 0.000000000000000222. The SMILES string of the molecule is CC(C)[C@@H]1NC(=O)C[C@@H]1N[C@H](C)C(N)=O. The number of hydrogen-bond donors (Lipinski definition) is 3. The molecule has 2 amide bonds. The summed E-state index contributed by atoms with van der Waals surface area (Å²) in [5, 5.41) is 5.98. The fourth-order valence-electron chi connectivity index (χ4n) is 1.87. The largest absolute Gasteiger partial charge is 0.368 e. The molecule has 1 saturated heterocycles. The Bertz CT molecular complexity index is 265. The van der Waals surface area contributed by atoms with Crippen LogP contribution in [0.15, 0.2) is 0 Å². The third-order valence-corrected chi connectivity index (χ3v) is 2.78. The minimum atomic E-state index is -0.399. The quantitative estimate of drug-likeness (QED) is 0.581. The summed E-state index contributed by atoms with van der Waals surface area (Å²) < 4.78 is 0. The van der Waals surface area contributed by atoms with Gasteiger partial charge >= 0.3 is 0 Å². The van der Waals surface area contributed by atoms with Crippen LogP contribution in [-0.4, -0.2) is 29.9 Å². The van der Waals surface area contributed by atoms with Gasteiger partial charge in [0.25, 0.3) is 0 Å². The normalized spacial score (nSPS) is 27.9. The zero-order valence-corrected chi connectivity index (χ0v) is 9.41. The van der Waals surface area contributed by atoms with E-state index < -0.39 is 11.9 Å². The summed E-state index contributed by atoms with van der Waals surface area (Å²) in [7, 11) is 0. The van der Waals surface area contributed by atoms with E-state index in [0.717, 1.165) is 0 Å². The van der Waals surface area contributed by atoms with Crippen LogP contribution >= 0.6 is 0 Å². The van der Waals surface area contributed by atoms with Gasteiger partial charge in [0.1, 0.15) is 0 Å². The summed E-state index contributed by atoms with van der Waals surface area (Å²) >= 11 is 0. The Hall–Kier alpha value is -1.10. The highest BCUT2D eigenvalue weighted by Gasteiger charge is 2.35. The average Bonchev–Trinajstić information content (AvgIpc) is 2.46. The van der Waals surface area contributed by atoms with E-state index in [1.54, 1.807) is 6.92 Å². The first-order chi connectivity index (χ1) is 6.91. The number of rotatable bonds is 4. The van der Waals surface area contributed by atoms with Crippen molar-refractivity contribution >= 4 is 11.8 Å². The highest BCUT2D eigenvalue weighted by Crippen LogP contribution is 2.16. The molecule has 0 bridgehead atoms. The van der Waals surface area contributed by atoms with Crippen molar-refractivity contribution in [1.29, 1.82) is 0 Å². The van der Waals surface area contributed by atoms with Gasteiger partial charge in [-0.25, -0.2) is 0 Å². The molecule has 4 N–H and O–H groups in total. The molecule has 1 rings (SSSR count). The lowest BCUT2D eigenvalue weighted by atomic mass is 9.97. The van der Waals surface area contributed by atoms with Gasteiger partial charge < -0.3 is 16.4 Å². The molecule has 0 aromatic carbocycles. The third-order valence-electron chi connectivity index (χ3n) is 2.78. The third kappa shape index (κ3) is 2.92. The lowest BCUT2D eigenvalue weighted by Crippen LogP contribution is -2.50. The van der Waals surface area contributed by atoms with Crippen molar-refractivity contribution in [2.24, 2.45) is 11.7 Å². The van der Waals surface area contributed by atoms with Gasteiger partial charge in [0.15, 0.2) is 0 Å². The van der Waals surface area contributed by atoms with E-state index in [2.05, 4.69) is 10.6 Å². The highest BCUT2D eigenvalue weighted by molar-refractivity contribution is 5.81. The maximum atomic E-state index is 11.3. The Labute approximate surface area is 89.8 Å². The fraction of sp³-hybridized carbons (Fsp3) is 0.800. The van der Waals surface area contributed by atoms with E-state index in [-0.39, 0.29) is 18.0 Å². The van der Waals surface area contributed by atoms with E-state index in [1.165, 1.54) is 0 Å². The van der Waals surface area contributed by atoms with Crippen molar-refractivity contribution in [2.75, 3.05) is 0 Å².